The van der Waals surface area contributed by atoms with Gasteiger partial charge in [0.25, 0.3) is 0 Å². The highest BCUT2D eigenvalue weighted by molar-refractivity contribution is 7.22. The van der Waals surface area contributed by atoms with Crippen LogP contribution in [0, 0.1) is 11.8 Å². The third-order valence-corrected chi connectivity index (χ3v) is 11.1. The first-order chi connectivity index (χ1) is 27.4. The molecule has 0 atom stereocenters. The number of ether oxygens (including phenoxy) is 4. The molecule has 0 amide bonds. The zero-order chi connectivity index (χ0) is 39.5. The van der Waals surface area contributed by atoms with Gasteiger partial charge in [0.2, 0.25) is 5.13 Å². The maximum Gasteiger partial charge on any atom is 0.343 e. The summed E-state index contributed by atoms with van der Waals surface area (Å²) in [5.41, 5.74) is 1.81. The van der Waals surface area contributed by atoms with Crippen LogP contribution in [0.1, 0.15) is 113 Å². The number of carbonyl (C=O) groups is 3. The lowest BCUT2D eigenvalue weighted by atomic mass is 9.81. The number of fused-ring (bicyclic) bond motifs is 1. The van der Waals surface area contributed by atoms with Crippen molar-refractivity contribution in [2.45, 2.75) is 97.3 Å². The molecule has 56 heavy (non-hydrogen) atoms. The first-order valence-corrected chi connectivity index (χ1v) is 21.0. The lowest BCUT2D eigenvalue weighted by molar-refractivity contribution is -0.140. The number of benzene rings is 3. The number of esters is 3. The lowest BCUT2D eigenvalue weighted by Crippen LogP contribution is -2.26. The molecule has 1 aliphatic rings. The van der Waals surface area contributed by atoms with Gasteiger partial charge in [-0.05, 0) is 118 Å². The molecule has 10 nitrogen and oxygen atoms in total. The van der Waals surface area contributed by atoms with Crippen molar-refractivity contribution >= 4 is 50.8 Å². The van der Waals surface area contributed by atoms with Gasteiger partial charge in [0, 0.05) is 18.2 Å². The Balaban J connectivity index is 1.26. The molecule has 1 heterocycles. The minimum atomic E-state index is -0.527. The van der Waals surface area contributed by atoms with Gasteiger partial charge in [0.1, 0.15) is 17.2 Å². The van der Waals surface area contributed by atoms with Crippen LogP contribution in [0.4, 0.5) is 5.13 Å². The summed E-state index contributed by atoms with van der Waals surface area (Å²) in [5, 5.41) is 7.58. The smallest absolute Gasteiger partial charge is 0.343 e. The summed E-state index contributed by atoms with van der Waals surface area (Å²) in [5.74, 6) is 0.665. The zero-order valence-electron chi connectivity index (χ0n) is 32.8. The number of carbonyl (C=O) groups excluding carboxylic acids is 3. The van der Waals surface area contributed by atoms with Crippen LogP contribution in [0.5, 0.6) is 17.2 Å². The molecule has 1 aromatic heterocycles. The number of nitrogens with zero attached hydrogens (tertiary/aromatic N) is 3. The van der Waals surface area contributed by atoms with Crippen LogP contribution >= 0.6 is 11.3 Å². The van der Waals surface area contributed by atoms with E-state index in [1.807, 2.05) is 23.2 Å². The standard InChI is InChI=1S/C45H55N3O7S/c1-4-7-8-13-28-48(45-47-39-16-11-12-17-41(39)56-45)46-32-36-31-38(26-27-40(36)55-44(51)34-20-18-33(5-2)19-21-34)54-43(50)35-22-24-37(25-23-35)52-29-14-9-10-15-30-53-42(49)6-3/h6,11-12,16-17,22-27,31-34H,3-5,7-10,13-15,18-21,28-30H2,1-2H3/b46-32+. The first-order valence-electron chi connectivity index (χ1n) is 20.1. The molecule has 1 fully saturated rings. The summed E-state index contributed by atoms with van der Waals surface area (Å²) in [6.45, 7) is 9.38. The van der Waals surface area contributed by atoms with Gasteiger partial charge < -0.3 is 18.9 Å². The van der Waals surface area contributed by atoms with E-state index in [4.69, 9.17) is 29.0 Å². The molecule has 0 unspecified atom stereocenters. The number of hydrazone groups is 1. The predicted octanol–water partition coefficient (Wildman–Crippen LogP) is 10.7. The molecule has 0 N–H and O–H groups in total. The molecule has 0 spiro atoms. The Bertz CT molecular complexity index is 1870. The molecule has 11 heteroatoms. The molecule has 3 aromatic carbocycles. The summed E-state index contributed by atoms with van der Waals surface area (Å²) >= 11 is 1.58. The van der Waals surface area contributed by atoms with Crippen molar-refractivity contribution in [3.8, 4) is 17.2 Å². The summed E-state index contributed by atoms with van der Waals surface area (Å²) in [6.07, 6.45) is 15.5. The van der Waals surface area contributed by atoms with E-state index in [0.29, 0.717) is 54.1 Å². The van der Waals surface area contributed by atoms with Crippen molar-refractivity contribution in [1.29, 1.82) is 0 Å². The maximum atomic E-state index is 13.4. The van der Waals surface area contributed by atoms with Crippen molar-refractivity contribution in [3.63, 3.8) is 0 Å². The second-order valence-electron chi connectivity index (χ2n) is 14.2. The molecular formula is C45H55N3O7S. The largest absolute Gasteiger partial charge is 0.494 e. The average molecular weight is 782 g/mol. The maximum absolute atomic E-state index is 13.4. The van der Waals surface area contributed by atoms with Crippen molar-refractivity contribution < 1.29 is 33.3 Å². The Morgan fingerprint density at radius 2 is 1.59 bits per heavy atom. The highest BCUT2D eigenvalue weighted by Crippen LogP contribution is 2.33. The van der Waals surface area contributed by atoms with Gasteiger partial charge in [0.05, 0.1) is 41.1 Å². The first kappa shape index (κ1) is 42.1. The van der Waals surface area contributed by atoms with Crippen molar-refractivity contribution in [2.75, 3.05) is 24.8 Å². The molecule has 0 radical (unpaired) electrons. The van der Waals surface area contributed by atoms with Gasteiger partial charge >= 0.3 is 17.9 Å². The Labute approximate surface area is 334 Å². The fraction of sp³-hybridized carbons (Fsp3) is 0.444. The second-order valence-corrected chi connectivity index (χ2v) is 15.2. The minimum absolute atomic E-state index is 0.148. The fourth-order valence-corrected chi connectivity index (χ4v) is 7.56. The molecule has 4 aromatic rings. The van der Waals surface area contributed by atoms with E-state index in [1.165, 1.54) is 6.08 Å². The van der Waals surface area contributed by atoms with Crippen LogP contribution in [0.2, 0.25) is 0 Å². The fourth-order valence-electron chi connectivity index (χ4n) is 6.61. The highest BCUT2D eigenvalue weighted by atomic mass is 32.1. The van der Waals surface area contributed by atoms with E-state index >= 15 is 0 Å². The molecule has 0 aliphatic heterocycles. The second kappa shape index (κ2) is 22.5. The summed E-state index contributed by atoms with van der Waals surface area (Å²) < 4.78 is 23.8. The molecule has 1 saturated carbocycles. The topological polar surface area (TPSA) is 117 Å². The Kier molecular flexibility index (Phi) is 16.9. The molecule has 0 saturated heterocycles. The Morgan fingerprint density at radius 1 is 0.857 bits per heavy atom. The van der Waals surface area contributed by atoms with E-state index in [1.54, 1.807) is 60.0 Å². The van der Waals surface area contributed by atoms with E-state index < -0.39 is 11.9 Å². The van der Waals surface area contributed by atoms with Gasteiger partial charge in [-0.2, -0.15) is 5.10 Å². The number of hydrogen-bond donors (Lipinski definition) is 0. The quantitative estimate of drug-likeness (QED) is 0.0192. The highest BCUT2D eigenvalue weighted by Gasteiger charge is 2.27. The van der Waals surface area contributed by atoms with Crippen LogP contribution in [0.25, 0.3) is 10.2 Å². The molecule has 1 aliphatic carbocycles. The van der Waals surface area contributed by atoms with Crippen LogP contribution in [-0.2, 0) is 14.3 Å². The number of para-hydroxylation sites is 1. The molecular weight excluding hydrogens is 727 g/mol. The Hall–Kier alpha value is -5.03. The van der Waals surface area contributed by atoms with Crippen molar-refractivity contribution in [2.24, 2.45) is 16.9 Å². The van der Waals surface area contributed by atoms with Crippen molar-refractivity contribution in [3.05, 3.63) is 90.5 Å². The van der Waals surface area contributed by atoms with Gasteiger partial charge in [-0.3, -0.25) is 4.79 Å². The third kappa shape index (κ3) is 13.0. The summed E-state index contributed by atoms with van der Waals surface area (Å²) in [4.78, 5) is 42.7. The third-order valence-electron chi connectivity index (χ3n) is 10.0. The lowest BCUT2D eigenvalue weighted by Gasteiger charge is -2.26. The number of anilines is 1. The average Bonchev–Trinajstić information content (AvgIpc) is 3.66. The van der Waals surface area contributed by atoms with Gasteiger partial charge in [0.15, 0.2) is 0 Å². The van der Waals surface area contributed by atoms with Gasteiger partial charge in [-0.15, -0.1) is 0 Å². The predicted molar refractivity (Wildman–Crippen MR) is 223 cm³/mol. The zero-order valence-corrected chi connectivity index (χ0v) is 33.6. The number of rotatable bonds is 22. The number of thiazole rings is 1. The van der Waals surface area contributed by atoms with Crippen LogP contribution in [-0.4, -0.2) is 48.9 Å². The normalized spacial score (nSPS) is 15.4. The summed E-state index contributed by atoms with van der Waals surface area (Å²) in [7, 11) is 0. The van der Waals surface area contributed by atoms with Gasteiger partial charge in [-0.1, -0.05) is 69.6 Å². The summed E-state index contributed by atoms with van der Waals surface area (Å²) in [6, 6.07) is 19.9. The van der Waals surface area contributed by atoms with E-state index in [0.717, 1.165) is 98.8 Å². The molecule has 298 valence electrons. The van der Waals surface area contributed by atoms with E-state index in [2.05, 4.69) is 26.5 Å². The number of aromatic nitrogens is 1. The van der Waals surface area contributed by atoms with Crippen LogP contribution in [0.3, 0.4) is 0 Å². The van der Waals surface area contributed by atoms with Gasteiger partial charge in [-0.25, -0.2) is 19.6 Å². The number of hydrogen-bond acceptors (Lipinski definition) is 11. The van der Waals surface area contributed by atoms with E-state index in [-0.39, 0.29) is 11.9 Å². The minimum Gasteiger partial charge on any atom is -0.494 e. The molecule has 0 bridgehead atoms. The van der Waals surface area contributed by atoms with Crippen LogP contribution in [0.15, 0.2) is 84.5 Å². The van der Waals surface area contributed by atoms with Crippen molar-refractivity contribution in [1.82, 2.24) is 4.98 Å². The SMILES string of the molecule is C=CC(=O)OCCCCCCOc1ccc(C(=O)Oc2ccc(OC(=O)C3CCC(CC)CC3)c(/C=N/N(CCCCCC)c3nc4ccccc4s3)c2)cc1. The Morgan fingerprint density at radius 3 is 2.32 bits per heavy atom. The van der Waals surface area contributed by atoms with Crippen LogP contribution < -0.4 is 19.2 Å². The van der Waals surface area contributed by atoms with E-state index in [9.17, 15) is 14.4 Å². The monoisotopic (exact) mass is 781 g/mol. The molecule has 5 rings (SSSR count). The number of unbranched alkanes of at least 4 members (excludes halogenated alkanes) is 6.